The number of morpholine rings is 1. The number of ether oxygens (including phenoxy) is 2. The molecule has 0 aromatic heterocycles. The summed E-state index contributed by atoms with van der Waals surface area (Å²) < 4.78 is 10.3. The Morgan fingerprint density at radius 3 is 2.50 bits per heavy atom. The van der Waals surface area contributed by atoms with Crippen molar-refractivity contribution in [2.24, 2.45) is 0 Å². The molecule has 9 heteroatoms. The second-order valence-electron chi connectivity index (χ2n) is 6.09. The van der Waals surface area contributed by atoms with Crippen LogP contribution < -0.4 is 5.32 Å². The Morgan fingerprint density at radius 1 is 1.19 bits per heavy atom. The second kappa shape index (κ2) is 10.6. The molecular formula is C17H27N5O4. The zero-order valence-electron chi connectivity index (χ0n) is 15.3. The first-order valence-electron chi connectivity index (χ1n) is 9.00. The highest BCUT2D eigenvalue weighted by Crippen LogP contribution is 2.06. The average Bonchev–Trinajstić information content (AvgIpc) is 2.67. The maximum atomic E-state index is 12.2. The van der Waals surface area contributed by atoms with Crippen LogP contribution in [-0.4, -0.2) is 98.9 Å². The number of nitrogens with one attached hydrogen (secondary N) is 1. The third-order valence-electron chi connectivity index (χ3n) is 4.33. The van der Waals surface area contributed by atoms with Crippen molar-refractivity contribution in [3.05, 3.63) is 11.8 Å². The molecule has 2 heterocycles. The summed E-state index contributed by atoms with van der Waals surface area (Å²) in [6.07, 6.45) is 1.25. The number of rotatable bonds is 6. The maximum absolute atomic E-state index is 12.2. The van der Waals surface area contributed by atoms with Crippen molar-refractivity contribution < 1.29 is 19.1 Å². The number of nitrogens with zero attached hydrogens (tertiary/aromatic N) is 4. The van der Waals surface area contributed by atoms with Crippen LogP contribution >= 0.6 is 0 Å². The van der Waals surface area contributed by atoms with E-state index in [1.807, 2.05) is 11.0 Å². The van der Waals surface area contributed by atoms with Crippen LogP contribution in [0.25, 0.3) is 0 Å². The molecule has 26 heavy (non-hydrogen) atoms. The molecule has 2 rings (SSSR count). The van der Waals surface area contributed by atoms with Gasteiger partial charge in [0.05, 0.1) is 19.8 Å². The molecule has 0 unspecified atom stereocenters. The van der Waals surface area contributed by atoms with Crippen LogP contribution in [-0.2, 0) is 14.3 Å². The highest BCUT2D eigenvalue weighted by Gasteiger charge is 2.21. The summed E-state index contributed by atoms with van der Waals surface area (Å²) in [7, 11) is 0. The van der Waals surface area contributed by atoms with Gasteiger partial charge < -0.3 is 24.6 Å². The van der Waals surface area contributed by atoms with Gasteiger partial charge in [0, 0.05) is 58.6 Å². The zero-order valence-corrected chi connectivity index (χ0v) is 15.3. The minimum absolute atomic E-state index is 0.0802. The molecule has 2 amide bonds. The molecule has 0 spiro atoms. The number of hydrogen-bond acceptors (Lipinski definition) is 7. The van der Waals surface area contributed by atoms with Crippen molar-refractivity contribution >= 4 is 12.0 Å². The largest absolute Gasteiger partial charge is 0.450 e. The van der Waals surface area contributed by atoms with E-state index in [2.05, 4.69) is 10.2 Å². The molecule has 0 radical (unpaired) electrons. The van der Waals surface area contributed by atoms with Gasteiger partial charge in [0.1, 0.15) is 11.6 Å². The fraction of sp³-hybridized carbons (Fsp3) is 0.706. The third kappa shape index (κ3) is 6.20. The van der Waals surface area contributed by atoms with Gasteiger partial charge in [-0.05, 0) is 6.92 Å². The summed E-state index contributed by atoms with van der Waals surface area (Å²) in [5, 5.41) is 12.1. The first-order chi connectivity index (χ1) is 12.6. The lowest BCUT2D eigenvalue weighted by molar-refractivity contribution is -0.117. The summed E-state index contributed by atoms with van der Waals surface area (Å²) in [4.78, 5) is 29.6. The number of carbonyl (C=O) groups excluding carboxylic acids is 2. The molecule has 0 saturated carbocycles. The molecule has 2 saturated heterocycles. The molecule has 0 atom stereocenters. The Morgan fingerprint density at radius 2 is 1.88 bits per heavy atom. The van der Waals surface area contributed by atoms with E-state index in [0.29, 0.717) is 39.3 Å². The summed E-state index contributed by atoms with van der Waals surface area (Å²) in [5.74, 6) is -0.367. The van der Waals surface area contributed by atoms with Crippen LogP contribution in [0, 0.1) is 11.3 Å². The molecule has 0 bridgehead atoms. The van der Waals surface area contributed by atoms with Gasteiger partial charge in [0.2, 0.25) is 0 Å². The Labute approximate surface area is 154 Å². The lowest BCUT2D eigenvalue weighted by Crippen LogP contribution is -2.47. The molecule has 0 aromatic rings. The number of carbonyl (C=O) groups is 2. The fourth-order valence-electron chi connectivity index (χ4n) is 2.82. The second-order valence-corrected chi connectivity index (χ2v) is 6.09. The van der Waals surface area contributed by atoms with Gasteiger partial charge in [-0.1, -0.05) is 0 Å². The van der Waals surface area contributed by atoms with E-state index in [1.165, 1.54) is 0 Å². The van der Waals surface area contributed by atoms with Gasteiger partial charge in [-0.3, -0.25) is 9.69 Å². The van der Waals surface area contributed by atoms with Crippen molar-refractivity contribution in [2.75, 3.05) is 72.2 Å². The minimum Gasteiger partial charge on any atom is -0.450 e. The standard InChI is InChI=1S/C17H27N5O4/c1-2-26-17(24)22-7-5-21(6-8-22)14-15(13-18)16(23)19-3-4-20-9-11-25-12-10-20/h14H,2-12H2,1H3,(H,19,23)/b15-14-. The molecule has 2 fully saturated rings. The van der Waals surface area contributed by atoms with Gasteiger partial charge >= 0.3 is 6.09 Å². The van der Waals surface area contributed by atoms with Crippen molar-refractivity contribution in [3.63, 3.8) is 0 Å². The van der Waals surface area contributed by atoms with Crippen LogP contribution in [0.4, 0.5) is 4.79 Å². The molecule has 9 nitrogen and oxygen atoms in total. The SMILES string of the molecule is CCOC(=O)N1CCN(/C=C(/C#N)C(=O)NCCN2CCOCC2)CC1. The monoisotopic (exact) mass is 365 g/mol. The lowest BCUT2D eigenvalue weighted by Gasteiger charge is -2.33. The third-order valence-corrected chi connectivity index (χ3v) is 4.33. The van der Waals surface area contributed by atoms with E-state index in [9.17, 15) is 14.9 Å². The summed E-state index contributed by atoms with van der Waals surface area (Å²) in [5.41, 5.74) is 0.0802. The van der Waals surface area contributed by atoms with Gasteiger partial charge in [-0.25, -0.2) is 4.79 Å². The molecule has 2 aliphatic heterocycles. The lowest BCUT2D eigenvalue weighted by atomic mass is 10.2. The Bertz CT molecular complexity index is 546. The number of piperazine rings is 1. The minimum atomic E-state index is -0.367. The summed E-state index contributed by atoms with van der Waals surface area (Å²) in [6, 6.07) is 1.96. The van der Waals surface area contributed by atoms with Gasteiger partial charge in [0.25, 0.3) is 5.91 Å². The first kappa shape index (κ1) is 20.0. The number of amides is 2. The predicted octanol–water partition coefficient (Wildman–Crippen LogP) is -0.384. The topological polar surface area (TPSA) is 98.1 Å². The fourth-order valence-corrected chi connectivity index (χ4v) is 2.82. The molecule has 144 valence electrons. The van der Waals surface area contributed by atoms with Crippen LogP contribution in [0.15, 0.2) is 11.8 Å². The van der Waals surface area contributed by atoms with Crippen molar-refractivity contribution in [3.8, 4) is 6.07 Å². The predicted molar refractivity (Wildman–Crippen MR) is 94.1 cm³/mol. The first-order valence-corrected chi connectivity index (χ1v) is 9.00. The molecule has 0 aromatic carbocycles. The summed E-state index contributed by atoms with van der Waals surface area (Å²) in [6.45, 7) is 8.65. The van der Waals surface area contributed by atoms with Gasteiger partial charge in [0.15, 0.2) is 0 Å². The maximum Gasteiger partial charge on any atom is 0.409 e. The van der Waals surface area contributed by atoms with Crippen molar-refractivity contribution in [2.45, 2.75) is 6.92 Å². The summed E-state index contributed by atoms with van der Waals surface area (Å²) >= 11 is 0. The Kier molecular flexibility index (Phi) is 8.18. The quantitative estimate of drug-likeness (QED) is 0.506. The van der Waals surface area contributed by atoms with E-state index >= 15 is 0 Å². The Balaban J connectivity index is 1.75. The smallest absolute Gasteiger partial charge is 0.409 e. The molecule has 1 N–H and O–H groups in total. The van der Waals surface area contributed by atoms with Crippen molar-refractivity contribution in [1.82, 2.24) is 20.0 Å². The van der Waals surface area contributed by atoms with Crippen molar-refractivity contribution in [1.29, 1.82) is 5.26 Å². The van der Waals surface area contributed by atoms with E-state index in [0.717, 1.165) is 32.8 Å². The number of hydrogen-bond donors (Lipinski definition) is 1. The number of nitriles is 1. The van der Waals surface area contributed by atoms with E-state index in [1.54, 1.807) is 18.0 Å². The van der Waals surface area contributed by atoms with Crippen LogP contribution in [0.1, 0.15) is 6.92 Å². The molecule has 2 aliphatic rings. The highest BCUT2D eigenvalue weighted by molar-refractivity contribution is 5.97. The van der Waals surface area contributed by atoms with Gasteiger partial charge in [-0.15, -0.1) is 0 Å². The van der Waals surface area contributed by atoms with E-state index < -0.39 is 0 Å². The van der Waals surface area contributed by atoms with Crippen LogP contribution in [0.2, 0.25) is 0 Å². The van der Waals surface area contributed by atoms with Gasteiger partial charge in [-0.2, -0.15) is 5.26 Å². The molecular weight excluding hydrogens is 338 g/mol. The van der Waals surface area contributed by atoms with E-state index in [4.69, 9.17) is 9.47 Å². The normalized spacial score (nSPS) is 19.0. The highest BCUT2D eigenvalue weighted by atomic mass is 16.6. The average molecular weight is 365 g/mol. The molecule has 0 aliphatic carbocycles. The van der Waals surface area contributed by atoms with Crippen LogP contribution in [0.5, 0.6) is 0 Å². The zero-order chi connectivity index (χ0) is 18.8. The van der Waals surface area contributed by atoms with E-state index in [-0.39, 0.29) is 17.6 Å². The van der Waals surface area contributed by atoms with Crippen LogP contribution in [0.3, 0.4) is 0 Å². The Hall–Kier alpha value is -2.31.